The second-order valence-electron chi connectivity index (χ2n) is 3.82. The van der Waals surface area contributed by atoms with Crippen LogP contribution in [0.4, 0.5) is 0 Å². The average Bonchev–Trinajstić information content (AvgIpc) is 2.35. The van der Waals surface area contributed by atoms with Gasteiger partial charge >= 0.3 is 0 Å². The first-order valence-electron chi connectivity index (χ1n) is 5.33. The molecule has 1 unspecified atom stereocenters. The molecule has 0 aromatic carbocycles. The van der Waals surface area contributed by atoms with Gasteiger partial charge in [-0.3, -0.25) is 14.8 Å². The molecule has 1 atom stereocenters. The van der Waals surface area contributed by atoms with Crippen LogP contribution in [0.15, 0.2) is 30.7 Å². The minimum absolute atomic E-state index is 0.210. The van der Waals surface area contributed by atoms with E-state index >= 15 is 0 Å². The maximum atomic E-state index is 11.9. The summed E-state index contributed by atoms with van der Waals surface area (Å²) in [6, 6.07) is 3.64. The van der Waals surface area contributed by atoms with Crippen molar-refractivity contribution in [1.29, 1.82) is 0 Å². The second-order valence-corrected chi connectivity index (χ2v) is 3.82. The molecule has 2 N–H and O–H groups in total. The molecule has 0 aliphatic carbocycles. The maximum Gasteiger partial charge on any atom is 0.255 e. The number of aliphatic hydroxyl groups is 1. The molecule has 17 heavy (non-hydrogen) atoms. The zero-order chi connectivity index (χ0) is 12.3. The Kier molecular flexibility index (Phi) is 3.30. The van der Waals surface area contributed by atoms with E-state index in [1.807, 2.05) is 6.07 Å². The molecule has 1 amide bonds. The number of pyridine rings is 2. The molecular formula is C12H13N3O2. The van der Waals surface area contributed by atoms with E-state index in [2.05, 4.69) is 15.3 Å². The number of hydrogen-bond donors (Lipinski definition) is 2. The molecule has 5 nitrogen and oxygen atoms in total. The summed E-state index contributed by atoms with van der Waals surface area (Å²) in [6.45, 7) is 1.82. The number of amides is 1. The fraction of sp³-hybridized carbons (Fsp3) is 0.250. The zero-order valence-electron chi connectivity index (χ0n) is 9.42. The van der Waals surface area contributed by atoms with Gasteiger partial charge in [-0.05, 0) is 19.1 Å². The van der Waals surface area contributed by atoms with Crippen molar-refractivity contribution in [2.24, 2.45) is 0 Å². The molecule has 0 bridgehead atoms. The van der Waals surface area contributed by atoms with E-state index in [9.17, 15) is 4.79 Å². The first-order chi connectivity index (χ1) is 8.18. The lowest BCUT2D eigenvalue weighted by molar-refractivity contribution is 0.0925. The molecule has 0 aliphatic rings. The first-order valence-corrected chi connectivity index (χ1v) is 5.33. The average molecular weight is 231 g/mol. The van der Waals surface area contributed by atoms with Gasteiger partial charge in [-0.1, -0.05) is 0 Å². The molecule has 0 saturated heterocycles. The van der Waals surface area contributed by atoms with Crippen LogP contribution in [0, 0.1) is 0 Å². The Balaban J connectivity index is 2.32. The van der Waals surface area contributed by atoms with Gasteiger partial charge in [0.2, 0.25) is 0 Å². The predicted octanol–water partition coefficient (Wildman–Crippen LogP) is 0.740. The summed E-state index contributed by atoms with van der Waals surface area (Å²) in [7, 11) is 0. The minimum Gasteiger partial charge on any atom is -0.392 e. The van der Waals surface area contributed by atoms with Crippen molar-refractivity contribution in [2.75, 3.05) is 6.54 Å². The van der Waals surface area contributed by atoms with Crippen molar-refractivity contribution in [1.82, 2.24) is 15.3 Å². The number of nitrogens with zero attached hydrogens (tertiary/aromatic N) is 2. The van der Waals surface area contributed by atoms with Gasteiger partial charge in [-0.15, -0.1) is 0 Å². The van der Waals surface area contributed by atoms with Crippen LogP contribution in [-0.4, -0.2) is 33.6 Å². The zero-order valence-corrected chi connectivity index (χ0v) is 9.42. The minimum atomic E-state index is -0.574. The van der Waals surface area contributed by atoms with Gasteiger partial charge in [0.25, 0.3) is 5.91 Å². The molecule has 0 fully saturated rings. The quantitative estimate of drug-likeness (QED) is 0.817. The normalized spacial score (nSPS) is 12.4. The van der Waals surface area contributed by atoms with Crippen LogP contribution in [0.3, 0.4) is 0 Å². The number of hydrogen-bond acceptors (Lipinski definition) is 4. The Morgan fingerprint density at radius 3 is 3.12 bits per heavy atom. The highest BCUT2D eigenvalue weighted by Gasteiger charge is 2.11. The summed E-state index contributed by atoms with van der Waals surface area (Å²) in [5.74, 6) is -0.275. The van der Waals surface area contributed by atoms with E-state index in [0.29, 0.717) is 11.1 Å². The molecule has 0 radical (unpaired) electrons. The van der Waals surface area contributed by atoms with Crippen molar-refractivity contribution in [3.8, 4) is 0 Å². The third kappa shape index (κ3) is 2.57. The number of aromatic nitrogens is 2. The second kappa shape index (κ2) is 4.88. The summed E-state index contributed by atoms with van der Waals surface area (Å²) < 4.78 is 0. The van der Waals surface area contributed by atoms with Crippen molar-refractivity contribution in [2.45, 2.75) is 13.0 Å². The Hall–Kier alpha value is -2.01. The van der Waals surface area contributed by atoms with Crippen LogP contribution in [0.2, 0.25) is 0 Å². The lowest BCUT2D eigenvalue weighted by atomic mass is 10.1. The molecule has 0 spiro atoms. The van der Waals surface area contributed by atoms with Crippen LogP contribution in [-0.2, 0) is 0 Å². The van der Waals surface area contributed by atoms with E-state index in [1.54, 1.807) is 25.4 Å². The molecule has 2 aromatic rings. The topological polar surface area (TPSA) is 75.1 Å². The first kappa shape index (κ1) is 11.5. The van der Waals surface area contributed by atoms with Gasteiger partial charge in [-0.25, -0.2) is 0 Å². The third-order valence-corrected chi connectivity index (χ3v) is 2.31. The summed E-state index contributed by atoms with van der Waals surface area (Å²) in [5, 5.41) is 12.6. The lowest BCUT2D eigenvalue weighted by Gasteiger charge is -2.08. The molecule has 2 rings (SSSR count). The van der Waals surface area contributed by atoms with Gasteiger partial charge in [-0.2, -0.15) is 0 Å². The lowest BCUT2D eigenvalue weighted by Crippen LogP contribution is -2.30. The van der Waals surface area contributed by atoms with Gasteiger partial charge in [0.1, 0.15) is 0 Å². The highest BCUT2D eigenvalue weighted by Crippen LogP contribution is 2.13. The fourth-order valence-electron chi connectivity index (χ4n) is 1.50. The van der Waals surface area contributed by atoms with Crippen LogP contribution in [0.1, 0.15) is 17.3 Å². The van der Waals surface area contributed by atoms with E-state index in [1.165, 1.54) is 6.20 Å². The number of carbonyl (C=O) groups excluding carboxylic acids is 1. The Morgan fingerprint density at radius 1 is 1.53 bits per heavy atom. The molecular weight excluding hydrogens is 218 g/mol. The van der Waals surface area contributed by atoms with Gasteiger partial charge in [0.15, 0.2) is 0 Å². The number of aliphatic hydroxyl groups excluding tert-OH is 1. The van der Waals surface area contributed by atoms with Crippen molar-refractivity contribution in [3.05, 3.63) is 36.3 Å². The third-order valence-electron chi connectivity index (χ3n) is 2.31. The fourth-order valence-corrected chi connectivity index (χ4v) is 1.50. The van der Waals surface area contributed by atoms with E-state index in [-0.39, 0.29) is 12.5 Å². The van der Waals surface area contributed by atoms with Crippen LogP contribution in [0.5, 0.6) is 0 Å². The Labute approximate surface area is 98.5 Å². The Bertz CT molecular complexity index is 535. The van der Waals surface area contributed by atoms with Crippen molar-refractivity contribution in [3.63, 3.8) is 0 Å². The molecule has 0 aliphatic heterocycles. The number of carbonyl (C=O) groups is 1. The summed E-state index contributed by atoms with van der Waals surface area (Å²) in [6.07, 6.45) is 4.20. The predicted molar refractivity (Wildman–Crippen MR) is 63.6 cm³/mol. The molecule has 2 aromatic heterocycles. The van der Waals surface area contributed by atoms with E-state index < -0.39 is 6.10 Å². The van der Waals surface area contributed by atoms with Crippen LogP contribution < -0.4 is 5.32 Å². The molecule has 0 saturated carbocycles. The molecule has 5 heteroatoms. The van der Waals surface area contributed by atoms with Crippen LogP contribution in [0.25, 0.3) is 10.9 Å². The summed E-state index contributed by atoms with van der Waals surface area (Å²) in [5.41, 5.74) is 1.04. The largest absolute Gasteiger partial charge is 0.392 e. The monoisotopic (exact) mass is 231 g/mol. The highest BCUT2D eigenvalue weighted by molar-refractivity contribution is 6.04. The smallest absolute Gasteiger partial charge is 0.255 e. The summed E-state index contributed by atoms with van der Waals surface area (Å²) >= 11 is 0. The van der Waals surface area contributed by atoms with Gasteiger partial charge in [0.05, 0.1) is 17.2 Å². The Morgan fingerprint density at radius 2 is 2.35 bits per heavy atom. The SMILES string of the molecule is CC(O)CNC(=O)c1cncc2cccnc12. The van der Waals surface area contributed by atoms with E-state index in [0.717, 1.165) is 5.39 Å². The number of fused-ring (bicyclic) bond motifs is 1. The van der Waals surface area contributed by atoms with Gasteiger partial charge < -0.3 is 10.4 Å². The molecule has 88 valence electrons. The van der Waals surface area contributed by atoms with Crippen LogP contribution >= 0.6 is 0 Å². The summed E-state index contributed by atoms with van der Waals surface area (Å²) in [4.78, 5) is 20.0. The molecule has 2 heterocycles. The standard InChI is InChI=1S/C12H13N3O2/c1-8(16)5-15-12(17)10-7-13-6-9-3-2-4-14-11(9)10/h2-4,6-8,16H,5H2,1H3,(H,15,17). The maximum absolute atomic E-state index is 11.9. The van der Waals surface area contributed by atoms with Crippen molar-refractivity contribution >= 4 is 16.8 Å². The highest BCUT2D eigenvalue weighted by atomic mass is 16.3. The van der Waals surface area contributed by atoms with Gasteiger partial charge in [0, 0.05) is 30.5 Å². The van der Waals surface area contributed by atoms with E-state index in [4.69, 9.17) is 5.11 Å². The number of nitrogens with one attached hydrogen (secondary N) is 1. The van der Waals surface area contributed by atoms with Crippen molar-refractivity contribution < 1.29 is 9.90 Å². The number of rotatable bonds is 3.